The summed E-state index contributed by atoms with van der Waals surface area (Å²) in [7, 11) is 1.66. The number of ether oxygens (including phenoxy) is 1. The van der Waals surface area contributed by atoms with Crippen molar-refractivity contribution >= 4 is 23.4 Å². The van der Waals surface area contributed by atoms with E-state index in [-0.39, 0.29) is 38.3 Å². The minimum atomic E-state index is -0.909. The van der Waals surface area contributed by atoms with Crippen LogP contribution in [0.1, 0.15) is 45.7 Å². The Hall–Kier alpha value is -3.52. The molecule has 0 saturated carbocycles. The summed E-state index contributed by atoms with van der Waals surface area (Å²) in [6.07, 6.45) is 0.961. The highest BCUT2D eigenvalue weighted by Gasteiger charge is 2.53. The summed E-state index contributed by atoms with van der Waals surface area (Å²) in [6, 6.07) is 18.6. The van der Waals surface area contributed by atoms with Crippen molar-refractivity contribution in [3.8, 4) is 0 Å². The van der Waals surface area contributed by atoms with E-state index in [0.29, 0.717) is 26.0 Å². The van der Waals surface area contributed by atoms with Crippen LogP contribution in [0, 0.1) is 10.8 Å². The van der Waals surface area contributed by atoms with Crippen LogP contribution in [-0.4, -0.2) is 66.1 Å². The second-order valence-electron chi connectivity index (χ2n) is 10.9. The summed E-state index contributed by atoms with van der Waals surface area (Å²) >= 11 is 0. The van der Waals surface area contributed by atoms with Gasteiger partial charge in [0.1, 0.15) is 11.5 Å². The van der Waals surface area contributed by atoms with Crippen LogP contribution in [-0.2, 0) is 32.1 Å². The van der Waals surface area contributed by atoms with Crippen LogP contribution in [0.4, 0.5) is 0 Å². The third-order valence-electron chi connectivity index (χ3n) is 6.95. The first-order chi connectivity index (χ1) is 17.6. The summed E-state index contributed by atoms with van der Waals surface area (Å²) in [5, 5.41) is 8.83. The summed E-state index contributed by atoms with van der Waals surface area (Å²) in [5.41, 5.74) is 1.22. The van der Waals surface area contributed by atoms with Gasteiger partial charge in [-0.05, 0) is 17.5 Å². The number of fused-ring (bicyclic) bond motifs is 1. The zero-order valence-corrected chi connectivity index (χ0v) is 22.1. The molecule has 2 aromatic rings. The Kier molecular flexibility index (Phi) is 9.09. The minimum absolute atomic E-state index is 0. The van der Waals surface area contributed by atoms with Crippen molar-refractivity contribution in [2.24, 2.45) is 15.9 Å². The molecule has 4 rings (SSSR count). The molecule has 2 aliphatic heterocycles. The molecule has 204 valence electrons. The molecule has 2 atom stereocenters. The Bertz CT molecular complexity index is 1160. The molecule has 1 fully saturated rings. The standard InChI is InChI=1S/C29H36N4O4.CH4/c1-28(2,3)26(35)30-23(19-37-18-22-13-9-6-10-14-22)25(34)33-16-15-24-29(20-33,27(36)32(4)31-24)17-21-11-7-5-8-12-21;/h5-14,23H,15-20H2,1-4H3,(H,30,35);1H4/t23-,29-;/m1./s1. The lowest BCUT2D eigenvalue weighted by Crippen LogP contribution is -2.60. The van der Waals surface area contributed by atoms with E-state index < -0.39 is 16.9 Å². The van der Waals surface area contributed by atoms with Crippen molar-refractivity contribution in [3.63, 3.8) is 0 Å². The van der Waals surface area contributed by atoms with Gasteiger partial charge in [-0.2, -0.15) is 5.10 Å². The predicted molar refractivity (Wildman–Crippen MR) is 148 cm³/mol. The molecule has 8 nitrogen and oxygen atoms in total. The Morgan fingerprint density at radius 3 is 2.26 bits per heavy atom. The van der Waals surface area contributed by atoms with Crippen molar-refractivity contribution in [2.45, 2.75) is 53.7 Å². The first-order valence-electron chi connectivity index (χ1n) is 12.7. The molecule has 0 radical (unpaired) electrons. The van der Waals surface area contributed by atoms with E-state index >= 15 is 0 Å². The van der Waals surface area contributed by atoms with E-state index in [4.69, 9.17) is 4.74 Å². The van der Waals surface area contributed by atoms with Gasteiger partial charge in [-0.1, -0.05) is 88.9 Å². The topological polar surface area (TPSA) is 91.3 Å². The van der Waals surface area contributed by atoms with Gasteiger partial charge >= 0.3 is 0 Å². The minimum Gasteiger partial charge on any atom is -0.374 e. The highest BCUT2D eigenvalue weighted by molar-refractivity contribution is 6.13. The van der Waals surface area contributed by atoms with Crippen LogP contribution < -0.4 is 5.32 Å². The van der Waals surface area contributed by atoms with Crippen molar-refractivity contribution < 1.29 is 19.1 Å². The van der Waals surface area contributed by atoms with Crippen LogP contribution >= 0.6 is 0 Å². The number of likely N-dealkylation sites (tertiary alicyclic amines) is 1. The molecule has 1 saturated heterocycles. The van der Waals surface area contributed by atoms with E-state index in [2.05, 4.69) is 10.4 Å². The summed E-state index contributed by atoms with van der Waals surface area (Å²) < 4.78 is 5.89. The highest BCUT2D eigenvalue weighted by atomic mass is 16.5. The van der Waals surface area contributed by atoms with Gasteiger partial charge in [-0.15, -0.1) is 0 Å². The number of carbonyl (C=O) groups excluding carboxylic acids is 3. The van der Waals surface area contributed by atoms with Crippen LogP contribution in [0.3, 0.4) is 0 Å². The molecular weight excluding hydrogens is 480 g/mol. The Morgan fingerprint density at radius 1 is 1.05 bits per heavy atom. The Morgan fingerprint density at radius 2 is 1.66 bits per heavy atom. The number of nitrogens with one attached hydrogen (secondary N) is 1. The lowest BCUT2D eigenvalue weighted by molar-refractivity contribution is -0.144. The van der Waals surface area contributed by atoms with Gasteiger partial charge in [0.25, 0.3) is 5.91 Å². The molecule has 2 aromatic carbocycles. The number of hydrogen-bond donors (Lipinski definition) is 1. The van der Waals surface area contributed by atoms with E-state index in [1.54, 1.807) is 32.7 Å². The van der Waals surface area contributed by atoms with Crippen LogP contribution in [0.25, 0.3) is 0 Å². The molecule has 2 aliphatic rings. The molecule has 3 amide bonds. The number of carbonyl (C=O) groups is 3. The maximum absolute atomic E-state index is 13.8. The molecule has 0 aliphatic carbocycles. The number of rotatable bonds is 8. The first-order valence-corrected chi connectivity index (χ1v) is 12.7. The fourth-order valence-corrected chi connectivity index (χ4v) is 4.85. The number of amides is 3. The van der Waals surface area contributed by atoms with Gasteiger partial charge in [-0.25, -0.2) is 5.01 Å². The normalized spacial score (nSPS) is 19.8. The van der Waals surface area contributed by atoms with Crippen molar-refractivity contribution in [1.29, 1.82) is 0 Å². The quantitative estimate of drug-likeness (QED) is 0.575. The molecule has 0 spiro atoms. The SMILES string of the molecule is C.CN1N=C2CCN(C(=O)[C@@H](COCc3ccccc3)NC(=O)C(C)(C)C)C[C@@]2(Cc2ccccc2)C1=O. The smallest absolute Gasteiger partial charge is 0.256 e. The monoisotopic (exact) mass is 520 g/mol. The average Bonchev–Trinajstić information content (AvgIpc) is 3.12. The maximum Gasteiger partial charge on any atom is 0.256 e. The largest absolute Gasteiger partial charge is 0.374 e. The van der Waals surface area contributed by atoms with Crippen LogP contribution in [0.2, 0.25) is 0 Å². The molecular formula is C30H40N4O4. The zero-order chi connectivity index (χ0) is 26.6. The van der Waals surface area contributed by atoms with Crippen molar-refractivity contribution in [1.82, 2.24) is 15.2 Å². The average molecular weight is 521 g/mol. The fourth-order valence-electron chi connectivity index (χ4n) is 4.85. The number of benzene rings is 2. The molecule has 0 aromatic heterocycles. The number of hydrogen-bond acceptors (Lipinski definition) is 5. The van der Waals surface area contributed by atoms with Crippen molar-refractivity contribution in [3.05, 3.63) is 71.8 Å². The predicted octanol–water partition coefficient (Wildman–Crippen LogP) is 3.66. The Balaban J connectivity index is 0.00000400. The molecule has 2 heterocycles. The molecule has 0 unspecified atom stereocenters. The van der Waals surface area contributed by atoms with Gasteiger partial charge in [0.15, 0.2) is 0 Å². The summed E-state index contributed by atoms with van der Waals surface area (Å²) in [6.45, 7) is 6.42. The molecule has 1 N–H and O–H groups in total. The number of nitrogens with zero attached hydrogens (tertiary/aromatic N) is 3. The number of hydrazone groups is 1. The second-order valence-corrected chi connectivity index (χ2v) is 10.9. The van der Waals surface area contributed by atoms with Gasteiger partial charge < -0.3 is 15.0 Å². The molecule has 0 bridgehead atoms. The second kappa shape index (κ2) is 11.9. The van der Waals surface area contributed by atoms with Crippen LogP contribution in [0.5, 0.6) is 0 Å². The summed E-state index contributed by atoms with van der Waals surface area (Å²) in [4.78, 5) is 41.8. The van der Waals surface area contributed by atoms with Gasteiger partial charge in [0, 0.05) is 32.0 Å². The van der Waals surface area contributed by atoms with E-state index in [9.17, 15) is 14.4 Å². The Labute approximate surface area is 226 Å². The summed E-state index contributed by atoms with van der Waals surface area (Å²) in [5.74, 6) is -0.594. The first kappa shape index (κ1) is 29.0. The van der Waals surface area contributed by atoms with Gasteiger partial charge in [0.05, 0.1) is 18.9 Å². The van der Waals surface area contributed by atoms with E-state index in [1.807, 2.05) is 60.7 Å². The third kappa shape index (κ3) is 6.30. The third-order valence-corrected chi connectivity index (χ3v) is 6.95. The van der Waals surface area contributed by atoms with E-state index in [0.717, 1.165) is 16.8 Å². The van der Waals surface area contributed by atoms with Gasteiger partial charge in [0.2, 0.25) is 11.8 Å². The lowest BCUT2D eigenvalue weighted by Gasteiger charge is -2.40. The van der Waals surface area contributed by atoms with Gasteiger partial charge in [-0.3, -0.25) is 14.4 Å². The highest BCUT2D eigenvalue weighted by Crippen LogP contribution is 2.38. The fraction of sp³-hybridized carbons (Fsp3) is 0.467. The lowest BCUT2D eigenvalue weighted by atomic mass is 9.73. The maximum atomic E-state index is 13.8. The van der Waals surface area contributed by atoms with Crippen LogP contribution in [0.15, 0.2) is 65.8 Å². The number of piperidine rings is 1. The molecule has 38 heavy (non-hydrogen) atoms. The zero-order valence-electron chi connectivity index (χ0n) is 22.1. The van der Waals surface area contributed by atoms with Crippen molar-refractivity contribution in [2.75, 3.05) is 26.7 Å². The van der Waals surface area contributed by atoms with E-state index in [1.165, 1.54) is 5.01 Å². The molecule has 8 heteroatoms.